The number of amides is 3. The highest BCUT2D eigenvalue weighted by Gasteiger charge is 2.24. The molecule has 3 N–H and O–H groups in total. The van der Waals surface area contributed by atoms with Gasteiger partial charge < -0.3 is 20.7 Å². The highest BCUT2D eigenvalue weighted by atomic mass is 16.5. The lowest BCUT2D eigenvalue weighted by Crippen LogP contribution is -2.47. The van der Waals surface area contributed by atoms with Crippen LogP contribution in [0.1, 0.15) is 57.8 Å². The van der Waals surface area contributed by atoms with Crippen LogP contribution in [0.15, 0.2) is 24.3 Å². The molecule has 7 nitrogen and oxygen atoms in total. The molecule has 1 rings (SSSR count). The summed E-state index contributed by atoms with van der Waals surface area (Å²) in [4.78, 5) is 37.1. The molecule has 3 amide bonds. The van der Waals surface area contributed by atoms with E-state index in [1.165, 1.54) is 0 Å². The van der Waals surface area contributed by atoms with Crippen molar-refractivity contribution in [2.75, 3.05) is 25.1 Å². The fourth-order valence-corrected chi connectivity index (χ4v) is 2.72. The van der Waals surface area contributed by atoms with Crippen LogP contribution in [0, 0.1) is 11.8 Å². The van der Waals surface area contributed by atoms with Gasteiger partial charge in [-0.2, -0.15) is 0 Å². The van der Waals surface area contributed by atoms with Crippen molar-refractivity contribution in [3.63, 3.8) is 0 Å². The Labute approximate surface area is 174 Å². The van der Waals surface area contributed by atoms with Crippen molar-refractivity contribution in [3.8, 4) is 0 Å². The van der Waals surface area contributed by atoms with Crippen molar-refractivity contribution in [2.24, 2.45) is 11.8 Å². The van der Waals surface area contributed by atoms with E-state index in [2.05, 4.69) is 16.0 Å². The molecular weight excluding hydrogens is 370 g/mol. The molecule has 0 saturated carbocycles. The van der Waals surface area contributed by atoms with Gasteiger partial charge in [0.25, 0.3) is 5.91 Å². The Hall–Kier alpha value is -2.41. The van der Waals surface area contributed by atoms with Crippen molar-refractivity contribution in [3.05, 3.63) is 29.8 Å². The average molecular weight is 406 g/mol. The molecule has 0 fully saturated rings. The molecule has 1 aromatic rings. The highest BCUT2D eigenvalue weighted by molar-refractivity contribution is 5.99. The Morgan fingerprint density at radius 2 is 1.83 bits per heavy atom. The van der Waals surface area contributed by atoms with Gasteiger partial charge >= 0.3 is 0 Å². The molecule has 0 aliphatic heterocycles. The normalized spacial score (nSPS) is 12.0. The van der Waals surface area contributed by atoms with Gasteiger partial charge in [-0.25, -0.2) is 0 Å². The standard InChI is InChI=1S/C22H35N3O4/c1-6-29-12-8-11-23-21(27)17-9-7-10-18(14-17)24-22(28)20(16(4)5)25-19(26)13-15(2)3/h7,9-10,14-16,20H,6,8,11-13H2,1-5H3,(H,23,27)(H,24,28)(H,25,26). The van der Waals surface area contributed by atoms with E-state index in [9.17, 15) is 14.4 Å². The van der Waals surface area contributed by atoms with Gasteiger partial charge in [-0.1, -0.05) is 33.8 Å². The fraction of sp³-hybridized carbons (Fsp3) is 0.591. The number of benzene rings is 1. The molecule has 0 heterocycles. The zero-order valence-electron chi connectivity index (χ0n) is 18.2. The summed E-state index contributed by atoms with van der Waals surface area (Å²) in [6.07, 6.45) is 1.11. The van der Waals surface area contributed by atoms with E-state index < -0.39 is 6.04 Å². The van der Waals surface area contributed by atoms with Crippen molar-refractivity contribution >= 4 is 23.4 Å². The fourth-order valence-electron chi connectivity index (χ4n) is 2.72. The first-order chi connectivity index (χ1) is 13.7. The van der Waals surface area contributed by atoms with E-state index in [0.29, 0.717) is 37.4 Å². The molecule has 1 unspecified atom stereocenters. The average Bonchev–Trinajstić information content (AvgIpc) is 2.65. The van der Waals surface area contributed by atoms with E-state index in [0.717, 1.165) is 6.42 Å². The zero-order valence-corrected chi connectivity index (χ0v) is 18.2. The van der Waals surface area contributed by atoms with Crippen LogP contribution in [0.2, 0.25) is 0 Å². The summed E-state index contributed by atoms with van der Waals surface area (Å²) in [5.41, 5.74) is 0.977. The summed E-state index contributed by atoms with van der Waals surface area (Å²) < 4.78 is 5.25. The summed E-state index contributed by atoms with van der Waals surface area (Å²) in [6.45, 7) is 11.4. The minimum absolute atomic E-state index is 0.0667. The lowest BCUT2D eigenvalue weighted by atomic mass is 10.0. The summed E-state index contributed by atoms with van der Waals surface area (Å²) in [5, 5.41) is 8.45. The first-order valence-corrected chi connectivity index (χ1v) is 10.3. The third kappa shape index (κ3) is 9.56. The Balaban J connectivity index is 2.69. The number of anilines is 1. The van der Waals surface area contributed by atoms with Gasteiger partial charge in [-0.15, -0.1) is 0 Å². The van der Waals surface area contributed by atoms with Crippen LogP contribution < -0.4 is 16.0 Å². The highest BCUT2D eigenvalue weighted by Crippen LogP contribution is 2.13. The van der Waals surface area contributed by atoms with Crippen LogP contribution in [-0.4, -0.2) is 43.5 Å². The minimum atomic E-state index is -0.641. The number of ether oxygens (including phenoxy) is 1. The molecule has 0 aliphatic rings. The second kappa shape index (κ2) is 12.9. The first-order valence-electron chi connectivity index (χ1n) is 10.3. The Kier molecular flexibility index (Phi) is 11.0. The molecule has 162 valence electrons. The number of nitrogens with one attached hydrogen (secondary N) is 3. The molecular formula is C22H35N3O4. The lowest BCUT2D eigenvalue weighted by Gasteiger charge is -2.22. The molecule has 0 aliphatic carbocycles. The second-order valence-electron chi connectivity index (χ2n) is 7.76. The van der Waals surface area contributed by atoms with Gasteiger partial charge in [0.05, 0.1) is 0 Å². The van der Waals surface area contributed by atoms with Crippen molar-refractivity contribution in [2.45, 2.75) is 53.5 Å². The van der Waals surface area contributed by atoms with Gasteiger partial charge in [0, 0.05) is 37.4 Å². The van der Waals surface area contributed by atoms with Crippen LogP contribution in [0.4, 0.5) is 5.69 Å². The van der Waals surface area contributed by atoms with Crippen molar-refractivity contribution < 1.29 is 19.1 Å². The van der Waals surface area contributed by atoms with E-state index in [-0.39, 0.29) is 29.6 Å². The summed E-state index contributed by atoms with van der Waals surface area (Å²) in [5.74, 6) is -0.499. The van der Waals surface area contributed by atoms with E-state index >= 15 is 0 Å². The van der Waals surface area contributed by atoms with Crippen LogP contribution in [-0.2, 0) is 14.3 Å². The zero-order chi connectivity index (χ0) is 21.8. The first kappa shape index (κ1) is 24.6. The van der Waals surface area contributed by atoms with E-state index in [1.54, 1.807) is 24.3 Å². The van der Waals surface area contributed by atoms with Crippen molar-refractivity contribution in [1.82, 2.24) is 10.6 Å². The third-order valence-corrected chi connectivity index (χ3v) is 4.21. The third-order valence-electron chi connectivity index (χ3n) is 4.21. The molecule has 29 heavy (non-hydrogen) atoms. The molecule has 1 aromatic carbocycles. The second-order valence-corrected chi connectivity index (χ2v) is 7.76. The molecule has 7 heteroatoms. The Bertz CT molecular complexity index is 674. The summed E-state index contributed by atoms with van der Waals surface area (Å²) in [7, 11) is 0. The topological polar surface area (TPSA) is 96.5 Å². The van der Waals surface area contributed by atoms with Crippen LogP contribution in [0.5, 0.6) is 0 Å². The molecule has 1 atom stereocenters. The van der Waals surface area contributed by atoms with Gasteiger partial charge in [-0.3, -0.25) is 14.4 Å². The lowest BCUT2D eigenvalue weighted by molar-refractivity contribution is -0.127. The van der Waals surface area contributed by atoms with Crippen LogP contribution in [0.3, 0.4) is 0 Å². The largest absolute Gasteiger partial charge is 0.382 e. The number of rotatable bonds is 12. The quantitative estimate of drug-likeness (QED) is 0.466. The van der Waals surface area contributed by atoms with Gasteiger partial charge in [0.2, 0.25) is 11.8 Å². The summed E-state index contributed by atoms with van der Waals surface area (Å²) >= 11 is 0. The maximum atomic E-state index is 12.7. The van der Waals surface area contributed by atoms with Gasteiger partial charge in [0.15, 0.2) is 0 Å². The maximum Gasteiger partial charge on any atom is 0.251 e. The van der Waals surface area contributed by atoms with Gasteiger partial charge in [0.1, 0.15) is 6.04 Å². The SMILES string of the molecule is CCOCCCNC(=O)c1cccc(NC(=O)C(NC(=O)CC(C)C)C(C)C)c1. The Morgan fingerprint density at radius 3 is 2.45 bits per heavy atom. The minimum Gasteiger partial charge on any atom is -0.382 e. The van der Waals surface area contributed by atoms with Crippen molar-refractivity contribution in [1.29, 1.82) is 0 Å². The Morgan fingerprint density at radius 1 is 1.10 bits per heavy atom. The number of hydrogen-bond donors (Lipinski definition) is 3. The molecule has 0 aromatic heterocycles. The predicted molar refractivity (Wildman–Crippen MR) is 115 cm³/mol. The number of carbonyl (C=O) groups excluding carboxylic acids is 3. The molecule has 0 spiro atoms. The monoisotopic (exact) mass is 405 g/mol. The number of carbonyl (C=O) groups is 3. The summed E-state index contributed by atoms with van der Waals surface area (Å²) in [6, 6.07) is 6.11. The van der Waals surface area contributed by atoms with Gasteiger partial charge in [-0.05, 0) is 43.4 Å². The predicted octanol–water partition coefficient (Wildman–Crippen LogP) is 2.97. The molecule has 0 saturated heterocycles. The number of hydrogen-bond acceptors (Lipinski definition) is 4. The smallest absolute Gasteiger partial charge is 0.251 e. The van der Waals surface area contributed by atoms with E-state index in [1.807, 2.05) is 34.6 Å². The maximum absolute atomic E-state index is 12.7. The van der Waals surface area contributed by atoms with Crippen LogP contribution >= 0.6 is 0 Å². The molecule has 0 radical (unpaired) electrons. The van der Waals surface area contributed by atoms with Crippen LogP contribution in [0.25, 0.3) is 0 Å². The van der Waals surface area contributed by atoms with E-state index in [4.69, 9.17) is 4.74 Å². The molecule has 0 bridgehead atoms.